The van der Waals surface area contributed by atoms with Crippen LogP contribution in [0.1, 0.15) is 65.9 Å². The van der Waals surface area contributed by atoms with E-state index in [1.54, 1.807) is 23.1 Å². The fourth-order valence-electron chi connectivity index (χ4n) is 5.17. The van der Waals surface area contributed by atoms with Gasteiger partial charge < -0.3 is 10.1 Å². The van der Waals surface area contributed by atoms with Gasteiger partial charge in [0.25, 0.3) is 11.8 Å². The Kier molecular flexibility index (Phi) is 4.65. The molecule has 3 fully saturated rings. The number of piperidine rings is 1. The number of carbonyl (C=O) groups is 5. The highest BCUT2D eigenvalue weighted by Crippen LogP contribution is 2.52. The van der Waals surface area contributed by atoms with Gasteiger partial charge in [-0.25, -0.2) is 4.79 Å². The molecule has 1 aromatic carbocycles. The lowest BCUT2D eigenvalue weighted by atomic mass is 9.64. The van der Waals surface area contributed by atoms with Gasteiger partial charge in [0.05, 0.1) is 17.2 Å². The van der Waals surface area contributed by atoms with Crippen LogP contribution >= 0.6 is 0 Å². The average molecular weight is 454 g/mol. The van der Waals surface area contributed by atoms with E-state index in [1.165, 1.54) is 0 Å². The van der Waals surface area contributed by atoms with E-state index in [-0.39, 0.29) is 35.4 Å². The average Bonchev–Trinajstić information content (AvgIpc) is 2.89. The van der Waals surface area contributed by atoms with Gasteiger partial charge in [0.1, 0.15) is 11.6 Å². The maximum atomic E-state index is 13.2. The topological polar surface area (TPSA) is 125 Å². The standard InChI is InChI=1S/C23H26N4O6/c1-22(2,3)33-21(32)26-11-23(9-24-10-23)17(26)12-4-5-13-14(8-12)20(31)27(19(13)30)15-6-7-16(28)25-18(15)29/h4-5,8,15,17,24H,6-7,9-11H2,1-3H3,(H,25,28,29). The van der Waals surface area contributed by atoms with Gasteiger partial charge in [-0.15, -0.1) is 0 Å². The zero-order valence-corrected chi connectivity index (χ0v) is 18.8. The predicted molar refractivity (Wildman–Crippen MR) is 114 cm³/mol. The molecule has 0 saturated carbocycles. The first-order chi connectivity index (χ1) is 15.5. The first-order valence-electron chi connectivity index (χ1n) is 11.1. The van der Waals surface area contributed by atoms with Crippen LogP contribution in [0.2, 0.25) is 0 Å². The van der Waals surface area contributed by atoms with E-state index in [2.05, 4.69) is 10.6 Å². The van der Waals surface area contributed by atoms with Crippen LogP contribution in [0, 0.1) is 5.41 Å². The van der Waals surface area contributed by atoms with Crippen molar-refractivity contribution in [2.24, 2.45) is 5.41 Å². The van der Waals surface area contributed by atoms with Crippen LogP contribution in [0.25, 0.3) is 0 Å². The molecule has 174 valence electrons. The molecule has 10 heteroatoms. The van der Waals surface area contributed by atoms with E-state index in [1.807, 2.05) is 20.8 Å². The van der Waals surface area contributed by atoms with Crippen molar-refractivity contribution in [3.05, 3.63) is 34.9 Å². The van der Waals surface area contributed by atoms with Crippen molar-refractivity contribution in [1.29, 1.82) is 0 Å². The minimum Gasteiger partial charge on any atom is -0.444 e. The fraction of sp³-hybridized carbons (Fsp3) is 0.522. The van der Waals surface area contributed by atoms with Gasteiger partial charge in [-0.05, 0) is 44.9 Å². The van der Waals surface area contributed by atoms with E-state index in [0.29, 0.717) is 6.54 Å². The third-order valence-electron chi connectivity index (χ3n) is 6.74. The summed E-state index contributed by atoms with van der Waals surface area (Å²) in [4.78, 5) is 65.3. The second kappa shape index (κ2) is 7.11. The maximum absolute atomic E-state index is 13.2. The molecule has 4 heterocycles. The molecule has 0 aliphatic carbocycles. The van der Waals surface area contributed by atoms with Crippen LogP contribution in [0.3, 0.4) is 0 Å². The first kappa shape index (κ1) is 21.6. The number of hydrogen-bond acceptors (Lipinski definition) is 7. The molecule has 0 aromatic heterocycles. The number of nitrogens with zero attached hydrogens (tertiary/aromatic N) is 2. The van der Waals surface area contributed by atoms with Crippen LogP contribution in [0.4, 0.5) is 4.79 Å². The van der Waals surface area contributed by atoms with Crippen molar-refractivity contribution in [3.8, 4) is 0 Å². The van der Waals surface area contributed by atoms with Crippen molar-refractivity contribution in [2.75, 3.05) is 19.6 Å². The summed E-state index contributed by atoms with van der Waals surface area (Å²) in [6, 6.07) is 3.71. The molecule has 2 unspecified atom stereocenters. The molecule has 5 rings (SSSR count). The number of hydrogen-bond donors (Lipinski definition) is 2. The Labute approximate surface area is 190 Å². The Morgan fingerprint density at radius 2 is 1.79 bits per heavy atom. The lowest BCUT2D eigenvalue weighted by Gasteiger charge is -2.62. The predicted octanol–water partition coefficient (Wildman–Crippen LogP) is 0.969. The number of nitrogens with one attached hydrogen (secondary N) is 2. The Hall–Kier alpha value is -3.27. The molecule has 33 heavy (non-hydrogen) atoms. The van der Waals surface area contributed by atoms with Crippen LogP contribution in [-0.4, -0.2) is 70.8 Å². The monoisotopic (exact) mass is 454 g/mol. The summed E-state index contributed by atoms with van der Waals surface area (Å²) in [6.07, 6.45) is -0.247. The summed E-state index contributed by atoms with van der Waals surface area (Å²) >= 11 is 0. The minimum atomic E-state index is -1.01. The molecule has 0 bridgehead atoms. The summed E-state index contributed by atoms with van der Waals surface area (Å²) in [6.45, 7) is 7.45. The van der Waals surface area contributed by atoms with E-state index in [9.17, 15) is 24.0 Å². The van der Waals surface area contributed by atoms with Gasteiger partial charge in [0.15, 0.2) is 0 Å². The number of amides is 5. The number of rotatable bonds is 2. The lowest BCUT2D eigenvalue weighted by Crippen LogP contribution is -2.73. The Morgan fingerprint density at radius 1 is 1.09 bits per heavy atom. The molecule has 2 N–H and O–H groups in total. The third kappa shape index (κ3) is 3.31. The van der Waals surface area contributed by atoms with Gasteiger partial charge >= 0.3 is 6.09 Å². The Morgan fingerprint density at radius 3 is 2.39 bits per heavy atom. The van der Waals surface area contributed by atoms with Crippen molar-refractivity contribution in [2.45, 2.75) is 51.3 Å². The molecule has 3 saturated heterocycles. The number of benzene rings is 1. The first-order valence-corrected chi connectivity index (χ1v) is 11.1. The number of likely N-dealkylation sites (tertiary alicyclic amines) is 1. The molecule has 10 nitrogen and oxygen atoms in total. The van der Waals surface area contributed by atoms with E-state index < -0.39 is 41.4 Å². The zero-order valence-electron chi connectivity index (χ0n) is 18.8. The number of fused-ring (bicyclic) bond motifs is 1. The second-order valence-corrected chi connectivity index (χ2v) is 10.2. The van der Waals surface area contributed by atoms with Gasteiger partial charge in [0, 0.05) is 31.5 Å². The summed E-state index contributed by atoms with van der Waals surface area (Å²) in [7, 11) is 0. The molecule has 0 radical (unpaired) electrons. The van der Waals surface area contributed by atoms with Crippen molar-refractivity contribution in [3.63, 3.8) is 0 Å². The summed E-state index contributed by atoms with van der Waals surface area (Å²) < 4.78 is 5.57. The molecule has 2 atom stereocenters. The van der Waals surface area contributed by atoms with Gasteiger partial charge in [0.2, 0.25) is 11.8 Å². The molecule has 4 aliphatic rings. The zero-order chi connectivity index (χ0) is 23.7. The van der Waals surface area contributed by atoms with Crippen molar-refractivity contribution >= 4 is 29.7 Å². The Balaban J connectivity index is 1.44. The third-order valence-corrected chi connectivity index (χ3v) is 6.74. The molecular weight excluding hydrogens is 428 g/mol. The molecular formula is C23H26N4O6. The SMILES string of the molecule is CC(C)(C)OC(=O)N1CC2(CNC2)C1c1ccc2c(c1)C(=O)N(C1CCC(=O)NC1=O)C2=O. The summed E-state index contributed by atoms with van der Waals surface area (Å²) in [5.74, 6) is -2.17. The highest BCUT2D eigenvalue weighted by molar-refractivity contribution is 6.23. The summed E-state index contributed by atoms with van der Waals surface area (Å²) in [5.41, 5.74) is 0.405. The van der Waals surface area contributed by atoms with Crippen LogP contribution in [-0.2, 0) is 14.3 Å². The van der Waals surface area contributed by atoms with Crippen LogP contribution < -0.4 is 10.6 Å². The van der Waals surface area contributed by atoms with Crippen LogP contribution in [0.15, 0.2) is 18.2 Å². The van der Waals surface area contributed by atoms with Gasteiger partial charge in [-0.2, -0.15) is 0 Å². The molecule has 5 amide bonds. The van der Waals surface area contributed by atoms with E-state index >= 15 is 0 Å². The van der Waals surface area contributed by atoms with Gasteiger partial charge in [-0.1, -0.05) is 6.07 Å². The molecule has 1 spiro atoms. The van der Waals surface area contributed by atoms with Crippen molar-refractivity contribution < 1.29 is 28.7 Å². The maximum Gasteiger partial charge on any atom is 0.410 e. The number of carbonyl (C=O) groups excluding carboxylic acids is 5. The van der Waals surface area contributed by atoms with E-state index in [4.69, 9.17) is 4.74 Å². The van der Waals surface area contributed by atoms with Gasteiger partial charge in [-0.3, -0.25) is 34.3 Å². The highest BCUT2D eigenvalue weighted by atomic mass is 16.6. The number of ether oxygens (including phenoxy) is 1. The minimum absolute atomic E-state index is 0.0670. The smallest absolute Gasteiger partial charge is 0.410 e. The van der Waals surface area contributed by atoms with E-state index in [0.717, 1.165) is 23.6 Å². The largest absolute Gasteiger partial charge is 0.444 e. The normalized spacial score (nSPS) is 26.0. The summed E-state index contributed by atoms with van der Waals surface area (Å²) in [5, 5.41) is 5.45. The molecule has 1 aromatic rings. The molecule has 4 aliphatic heterocycles. The second-order valence-electron chi connectivity index (χ2n) is 10.2. The van der Waals surface area contributed by atoms with Crippen molar-refractivity contribution in [1.82, 2.24) is 20.4 Å². The quantitative estimate of drug-likeness (QED) is 0.638. The lowest BCUT2D eigenvalue weighted by molar-refractivity contribution is -0.136. The Bertz CT molecular complexity index is 1100. The van der Waals surface area contributed by atoms with Crippen LogP contribution in [0.5, 0.6) is 0 Å². The fourth-order valence-corrected chi connectivity index (χ4v) is 5.17. The number of imide groups is 2. The highest BCUT2D eigenvalue weighted by Gasteiger charge is 2.59.